The van der Waals surface area contributed by atoms with Gasteiger partial charge in [0.1, 0.15) is 10.0 Å². The average Bonchev–Trinajstić information content (AvgIpc) is 1.55. The van der Waals surface area contributed by atoms with Crippen molar-refractivity contribution in [3.8, 4) is 58.5 Å². The molecule has 2 aliphatic heterocycles. The van der Waals surface area contributed by atoms with E-state index in [0.717, 1.165) is 56.8 Å². The van der Waals surface area contributed by atoms with E-state index < -0.39 is 0 Å². The molecule has 0 saturated carbocycles. The SMILES string of the molecule is CCCCCCCCCCCCC(CCCCCCCCCC)CN1C(=O)C2=C(c3ncc(-c4ccc(-c5ccc(-c6ccc(CCCCCC)s6)s5)s4)s3)N(CC(CCCCCCCCCC)CCCCCCCCCCCC)C(=O)C2=C1c1ncc(-c2ccc(-c3ccc(-c4ccc(CCCCCC)s4)s3)s2)s1. The number of carbonyl (C=O) groups is 2. The number of hydrogen-bond donors (Lipinski definition) is 0. The first-order chi connectivity index (χ1) is 54.2. The first-order valence-corrected chi connectivity index (χ1v) is 51.4. The number of hydrogen-bond acceptors (Lipinski definition) is 12. The van der Waals surface area contributed by atoms with Crippen molar-refractivity contribution < 1.29 is 9.59 Å². The van der Waals surface area contributed by atoms with E-state index in [1.807, 2.05) is 80.4 Å². The second-order valence-corrected chi connectivity index (χ2v) is 41.1. The van der Waals surface area contributed by atoms with Gasteiger partial charge in [-0.2, -0.15) is 0 Å². The van der Waals surface area contributed by atoms with Gasteiger partial charge in [-0.25, -0.2) is 9.97 Å². The monoisotopic (exact) mass is 1630 g/mol. The molecule has 0 radical (unpaired) electrons. The number of amides is 2. The van der Waals surface area contributed by atoms with Crippen molar-refractivity contribution in [2.75, 3.05) is 13.1 Å². The molecule has 14 heteroatoms. The smallest absolute Gasteiger partial charge is 0.261 e. The summed E-state index contributed by atoms with van der Waals surface area (Å²) < 4.78 is 0. The molecule has 0 fully saturated rings. The predicted octanol–water partition coefficient (Wildman–Crippen LogP) is 33.9. The molecule has 602 valence electrons. The number of aromatic nitrogens is 2. The summed E-state index contributed by atoms with van der Waals surface area (Å²) in [6.45, 7) is 15.0. The lowest BCUT2D eigenvalue weighted by molar-refractivity contribution is -0.124. The Balaban J connectivity index is 0.994. The third-order valence-electron chi connectivity index (χ3n) is 23.1. The van der Waals surface area contributed by atoms with E-state index >= 15 is 9.59 Å². The molecular weight excluding hydrogens is 1500 g/mol. The molecule has 10 rings (SSSR count). The summed E-state index contributed by atoms with van der Waals surface area (Å²) in [5, 5.41) is 1.55. The van der Waals surface area contributed by atoms with Crippen molar-refractivity contribution in [1.29, 1.82) is 0 Å². The largest absolute Gasteiger partial charge is 0.304 e. The second kappa shape index (κ2) is 50.4. The van der Waals surface area contributed by atoms with Crippen LogP contribution in [0.4, 0.5) is 0 Å². The van der Waals surface area contributed by atoms with Gasteiger partial charge in [0, 0.05) is 84.0 Å². The molecule has 0 aliphatic carbocycles. The third-order valence-corrected chi connectivity index (χ3v) is 32.9. The van der Waals surface area contributed by atoms with Crippen LogP contribution in [0.2, 0.25) is 0 Å². The van der Waals surface area contributed by atoms with Crippen LogP contribution in [0, 0.1) is 11.8 Å². The summed E-state index contributed by atoms with van der Waals surface area (Å²) in [6.07, 6.45) is 67.6. The highest BCUT2D eigenvalue weighted by atomic mass is 32.1. The average molecular weight is 1640 g/mol. The van der Waals surface area contributed by atoms with Gasteiger partial charge < -0.3 is 9.80 Å². The van der Waals surface area contributed by atoms with Crippen molar-refractivity contribution in [2.45, 2.75) is 363 Å². The number of unbranched alkanes of at least 4 members (excludes halogenated alkanes) is 38. The van der Waals surface area contributed by atoms with Crippen LogP contribution in [0.25, 0.3) is 69.9 Å². The van der Waals surface area contributed by atoms with E-state index in [2.05, 4.69) is 124 Å². The van der Waals surface area contributed by atoms with Gasteiger partial charge in [0.15, 0.2) is 0 Å². The van der Waals surface area contributed by atoms with E-state index in [1.54, 1.807) is 22.7 Å². The van der Waals surface area contributed by atoms with Crippen LogP contribution in [0.1, 0.15) is 370 Å². The summed E-state index contributed by atoms with van der Waals surface area (Å²) in [7, 11) is 0. The van der Waals surface area contributed by atoms with Gasteiger partial charge in [0.05, 0.1) is 32.3 Å². The van der Waals surface area contributed by atoms with Gasteiger partial charge in [-0.05, 0) is 136 Å². The zero-order valence-corrected chi connectivity index (χ0v) is 75.4. The molecule has 2 amide bonds. The van der Waals surface area contributed by atoms with Crippen molar-refractivity contribution in [3.63, 3.8) is 0 Å². The highest BCUT2D eigenvalue weighted by Gasteiger charge is 2.51. The van der Waals surface area contributed by atoms with Gasteiger partial charge in [0.25, 0.3) is 11.8 Å². The van der Waals surface area contributed by atoms with E-state index in [-0.39, 0.29) is 11.8 Å². The van der Waals surface area contributed by atoms with Crippen LogP contribution in [0.3, 0.4) is 0 Å². The van der Waals surface area contributed by atoms with E-state index in [9.17, 15) is 0 Å². The normalized spacial score (nSPS) is 13.8. The Morgan fingerprint density at radius 3 is 0.736 bits per heavy atom. The zero-order valence-electron chi connectivity index (χ0n) is 68.9. The zero-order chi connectivity index (χ0) is 76.8. The number of thiophene rings is 6. The lowest BCUT2D eigenvalue weighted by Gasteiger charge is -2.29. The molecule has 0 aromatic carbocycles. The summed E-state index contributed by atoms with van der Waals surface area (Å²) in [5.41, 5.74) is 2.61. The molecule has 0 bridgehead atoms. The predicted molar refractivity (Wildman–Crippen MR) is 491 cm³/mol. The Hall–Kier alpha value is -4.12. The molecule has 2 atom stereocenters. The van der Waals surface area contributed by atoms with Crippen molar-refractivity contribution in [2.24, 2.45) is 11.8 Å². The van der Waals surface area contributed by atoms with Crippen LogP contribution in [0.5, 0.6) is 0 Å². The van der Waals surface area contributed by atoms with Crippen LogP contribution in [0.15, 0.2) is 96.3 Å². The fourth-order valence-corrected chi connectivity index (χ4v) is 25.1. The fourth-order valence-electron chi connectivity index (χ4n) is 16.5. The first kappa shape index (κ1) is 88.2. The number of nitrogens with zero attached hydrogens (tertiary/aromatic N) is 4. The highest BCUT2D eigenvalue weighted by molar-refractivity contribution is 7.29. The van der Waals surface area contributed by atoms with E-state index in [4.69, 9.17) is 9.97 Å². The molecule has 8 aromatic heterocycles. The maximum Gasteiger partial charge on any atom is 0.261 e. The van der Waals surface area contributed by atoms with E-state index in [0.29, 0.717) is 36.1 Å². The number of rotatable bonds is 62. The molecule has 2 aliphatic rings. The van der Waals surface area contributed by atoms with Crippen molar-refractivity contribution in [3.05, 3.63) is 116 Å². The summed E-state index contributed by atoms with van der Waals surface area (Å²) >= 11 is 14.7. The molecule has 8 aromatic rings. The number of fused-ring (bicyclic) bond motifs is 1. The number of thiazole rings is 2. The maximum absolute atomic E-state index is 16.7. The van der Waals surface area contributed by atoms with Crippen LogP contribution < -0.4 is 0 Å². The Morgan fingerprint density at radius 1 is 0.255 bits per heavy atom. The Bertz CT molecular complexity index is 3690. The molecule has 6 nitrogen and oxygen atoms in total. The molecular formula is C96H138N4O2S8. The lowest BCUT2D eigenvalue weighted by Crippen LogP contribution is -2.35. The van der Waals surface area contributed by atoms with Crippen LogP contribution in [-0.4, -0.2) is 44.7 Å². The van der Waals surface area contributed by atoms with Crippen molar-refractivity contribution >= 4 is 114 Å². The summed E-state index contributed by atoms with van der Waals surface area (Å²) in [5.74, 6) is 0.544. The maximum atomic E-state index is 16.7. The minimum Gasteiger partial charge on any atom is -0.304 e. The molecule has 2 unspecified atom stereocenters. The molecule has 0 saturated heterocycles. The summed E-state index contributed by atoms with van der Waals surface area (Å²) in [4.78, 5) is 66.3. The van der Waals surface area contributed by atoms with E-state index in [1.165, 1.54) is 354 Å². The van der Waals surface area contributed by atoms with Gasteiger partial charge in [-0.1, -0.05) is 311 Å². The Labute approximate surface area is 699 Å². The van der Waals surface area contributed by atoms with Gasteiger partial charge >= 0.3 is 0 Å². The Morgan fingerprint density at radius 2 is 0.473 bits per heavy atom. The second-order valence-electron chi connectivity index (χ2n) is 32.3. The Kier molecular flexibility index (Phi) is 40.4. The number of aryl methyl sites for hydroxylation is 2. The van der Waals surface area contributed by atoms with Crippen LogP contribution >= 0.6 is 90.7 Å². The third kappa shape index (κ3) is 27.5. The van der Waals surface area contributed by atoms with Gasteiger partial charge in [-0.15, -0.1) is 90.7 Å². The molecule has 0 N–H and O–H groups in total. The first-order valence-electron chi connectivity index (χ1n) is 44.9. The molecule has 110 heavy (non-hydrogen) atoms. The summed E-state index contributed by atoms with van der Waals surface area (Å²) in [6, 6.07) is 27.7. The number of carbonyl (C=O) groups excluding carboxylic acids is 2. The topological polar surface area (TPSA) is 66.4 Å². The lowest BCUT2D eigenvalue weighted by atomic mass is 9.93. The standard InChI is InChI=1S/C96H138N4O2S8/c1-7-13-19-25-29-33-35-39-43-47-53-73(51-45-41-37-31-27-21-15-9-3)71-99-91(93-97-69-87(109-93)85-67-65-83(107-85)81-63-61-79(105-81)77-59-57-75(103-77)55-49-23-17-11-5)89-90(95(99)101)92(100(96(89)102)72-74(52-46-42-38-32-28-22-16-10-4)54-48-44-40-36-34-30-26-20-14-8-2)94-98-70-88(110-94)86-68-66-84(108-86)82-64-62-80(106-82)78-60-58-76(104-78)56-50-24-18-12-6/h57-70,73-74H,7-56,71-72H2,1-6H3. The van der Waals surface area contributed by atoms with Gasteiger partial charge in [-0.3, -0.25) is 9.59 Å². The molecule has 10 heterocycles. The highest BCUT2D eigenvalue weighted by Crippen LogP contribution is 2.52. The van der Waals surface area contributed by atoms with Gasteiger partial charge in [0.2, 0.25) is 0 Å². The minimum absolute atomic E-state index is 0.0322. The molecule has 0 spiro atoms. The van der Waals surface area contributed by atoms with Crippen LogP contribution in [-0.2, 0) is 22.4 Å². The van der Waals surface area contributed by atoms with Crippen molar-refractivity contribution in [1.82, 2.24) is 19.8 Å². The minimum atomic E-state index is -0.0322. The fraction of sp³-hybridized carbons (Fsp3) is 0.625. The quantitative estimate of drug-likeness (QED) is 0.0356.